The second kappa shape index (κ2) is 6.58. The van der Waals surface area contributed by atoms with Crippen molar-refractivity contribution in [3.05, 3.63) is 17.8 Å². The van der Waals surface area contributed by atoms with Gasteiger partial charge in [-0.3, -0.25) is 4.79 Å². The van der Waals surface area contributed by atoms with Crippen molar-refractivity contribution in [1.29, 1.82) is 0 Å². The van der Waals surface area contributed by atoms with Gasteiger partial charge in [0.15, 0.2) is 5.69 Å². The Morgan fingerprint density at radius 2 is 2.06 bits per heavy atom. The van der Waals surface area contributed by atoms with Gasteiger partial charge in [0.25, 0.3) is 5.91 Å². The van der Waals surface area contributed by atoms with Gasteiger partial charge in [-0.25, -0.2) is 0 Å². The van der Waals surface area contributed by atoms with Crippen molar-refractivity contribution >= 4 is 23.5 Å². The lowest BCUT2D eigenvalue weighted by Gasteiger charge is -2.17. The molecule has 0 fully saturated rings. The van der Waals surface area contributed by atoms with Crippen LogP contribution in [0, 0.1) is 0 Å². The van der Waals surface area contributed by atoms with E-state index in [0.717, 1.165) is 12.3 Å². The molecule has 0 radical (unpaired) electrons. The molecule has 0 atom stereocenters. The number of hydrogen-bond donors (Lipinski definition) is 2. The molecule has 1 rings (SSSR count). The number of anilines is 1. The Labute approximate surface area is 112 Å². The first-order chi connectivity index (χ1) is 8.42. The van der Waals surface area contributed by atoms with Crippen molar-refractivity contribution in [3.8, 4) is 0 Å². The van der Waals surface area contributed by atoms with Crippen LogP contribution in [0.1, 0.15) is 31.3 Å². The minimum atomic E-state index is -0.225. The molecule has 1 amide bonds. The predicted octanol–water partition coefficient (Wildman–Crippen LogP) is 1.78. The van der Waals surface area contributed by atoms with Gasteiger partial charge >= 0.3 is 0 Å². The van der Waals surface area contributed by atoms with Gasteiger partial charge in [-0.15, -0.1) is 10.2 Å². The van der Waals surface area contributed by atoms with Gasteiger partial charge in [0.05, 0.1) is 0 Å². The van der Waals surface area contributed by atoms with E-state index < -0.39 is 0 Å². The van der Waals surface area contributed by atoms with Crippen molar-refractivity contribution in [3.63, 3.8) is 0 Å². The van der Waals surface area contributed by atoms with E-state index in [2.05, 4.69) is 41.6 Å². The quantitative estimate of drug-likeness (QED) is 0.797. The second-order valence-electron chi connectivity index (χ2n) is 4.77. The molecule has 0 spiro atoms. The van der Waals surface area contributed by atoms with E-state index in [9.17, 15) is 4.79 Å². The first-order valence-electron chi connectivity index (χ1n) is 5.86. The van der Waals surface area contributed by atoms with Gasteiger partial charge in [0, 0.05) is 24.1 Å². The van der Waals surface area contributed by atoms with E-state index in [1.165, 1.54) is 0 Å². The van der Waals surface area contributed by atoms with Crippen LogP contribution in [-0.4, -0.2) is 40.2 Å². The fraction of sp³-hybridized carbons (Fsp3) is 0.583. The third-order valence-electron chi connectivity index (χ3n) is 2.07. The van der Waals surface area contributed by atoms with E-state index in [0.29, 0.717) is 11.5 Å². The molecule has 1 aromatic heterocycles. The summed E-state index contributed by atoms with van der Waals surface area (Å²) in [5, 5.41) is 13.5. The second-order valence-corrected chi connectivity index (χ2v) is 6.69. The molecular formula is C12H20N4OS. The zero-order valence-corrected chi connectivity index (χ0v) is 12.1. The lowest BCUT2D eigenvalue weighted by molar-refractivity contribution is 0.0957. The SMILES string of the molecule is CNC(=O)c1ccc(NCCSC(C)(C)C)nn1. The summed E-state index contributed by atoms with van der Waals surface area (Å²) in [5.74, 6) is 1.47. The molecule has 1 aromatic rings. The lowest BCUT2D eigenvalue weighted by atomic mass is 10.3. The average Bonchev–Trinajstić information content (AvgIpc) is 2.33. The Morgan fingerprint density at radius 1 is 1.33 bits per heavy atom. The van der Waals surface area contributed by atoms with E-state index in [-0.39, 0.29) is 10.7 Å². The molecule has 1 heterocycles. The van der Waals surface area contributed by atoms with Gasteiger partial charge in [0.1, 0.15) is 5.82 Å². The highest BCUT2D eigenvalue weighted by Crippen LogP contribution is 2.22. The standard InChI is InChI=1S/C12H20N4OS/c1-12(2,3)18-8-7-14-10-6-5-9(15-16-10)11(17)13-4/h5-6H,7-8H2,1-4H3,(H,13,17)(H,14,16). The molecule has 2 N–H and O–H groups in total. The number of carbonyl (C=O) groups is 1. The fourth-order valence-corrected chi connectivity index (χ4v) is 2.03. The molecule has 0 aliphatic carbocycles. The zero-order valence-electron chi connectivity index (χ0n) is 11.3. The van der Waals surface area contributed by atoms with Crippen LogP contribution in [0.5, 0.6) is 0 Å². The maximum Gasteiger partial charge on any atom is 0.271 e. The first-order valence-corrected chi connectivity index (χ1v) is 6.84. The molecule has 0 unspecified atom stereocenters. The topological polar surface area (TPSA) is 66.9 Å². The number of hydrogen-bond acceptors (Lipinski definition) is 5. The van der Waals surface area contributed by atoms with E-state index in [1.807, 2.05) is 11.8 Å². The van der Waals surface area contributed by atoms with Crippen molar-refractivity contribution in [1.82, 2.24) is 15.5 Å². The first kappa shape index (κ1) is 14.8. The van der Waals surface area contributed by atoms with Crippen LogP contribution in [0.4, 0.5) is 5.82 Å². The lowest BCUT2D eigenvalue weighted by Crippen LogP contribution is -2.20. The highest BCUT2D eigenvalue weighted by atomic mass is 32.2. The van der Waals surface area contributed by atoms with Crippen LogP contribution >= 0.6 is 11.8 Å². The minimum absolute atomic E-state index is 0.225. The van der Waals surface area contributed by atoms with Gasteiger partial charge in [-0.1, -0.05) is 20.8 Å². The van der Waals surface area contributed by atoms with Gasteiger partial charge < -0.3 is 10.6 Å². The number of rotatable bonds is 5. The van der Waals surface area contributed by atoms with Crippen molar-refractivity contribution in [2.24, 2.45) is 0 Å². The Bertz CT molecular complexity index is 386. The molecule has 100 valence electrons. The van der Waals surface area contributed by atoms with E-state index in [1.54, 1.807) is 19.2 Å². The fourth-order valence-electron chi connectivity index (χ4n) is 1.21. The molecule has 0 saturated carbocycles. The maximum absolute atomic E-state index is 11.3. The van der Waals surface area contributed by atoms with Crippen LogP contribution in [0.15, 0.2) is 12.1 Å². The summed E-state index contributed by atoms with van der Waals surface area (Å²) in [4.78, 5) is 11.3. The Kier molecular flexibility index (Phi) is 5.40. The van der Waals surface area contributed by atoms with Crippen LogP contribution in [0.3, 0.4) is 0 Å². The maximum atomic E-state index is 11.3. The third kappa shape index (κ3) is 5.35. The van der Waals surface area contributed by atoms with Crippen LogP contribution in [0.2, 0.25) is 0 Å². The van der Waals surface area contributed by atoms with E-state index >= 15 is 0 Å². The number of carbonyl (C=O) groups excluding carboxylic acids is 1. The molecule has 0 bridgehead atoms. The average molecular weight is 268 g/mol. The monoisotopic (exact) mass is 268 g/mol. The number of thioether (sulfide) groups is 1. The smallest absolute Gasteiger partial charge is 0.271 e. The molecule has 6 heteroatoms. The normalized spacial score (nSPS) is 11.1. The molecule has 0 aromatic carbocycles. The molecule has 0 aliphatic rings. The molecule has 0 aliphatic heterocycles. The van der Waals surface area contributed by atoms with Crippen LogP contribution in [0.25, 0.3) is 0 Å². The highest BCUT2D eigenvalue weighted by molar-refractivity contribution is 8.00. The highest BCUT2D eigenvalue weighted by Gasteiger charge is 2.09. The van der Waals surface area contributed by atoms with Gasteiger partial charge in [0.2, 0.25) is 0 Å². The molecule has 5 nitrogen and oxygen atoms in total. The summed E-state index contributed by atoms with van der Waals surface area (Å²) in [5.41, 5.74) is 0.326. The van der Waals surface area contributed by atoms with Crippen molar-refractivity contribution < 1.29 is 4.79 Å². The molecule has 0 saturated heterocycles. The van der Waals surface area contributed by atoms with Gasteiger partial charge in [-0.2, -0.15) is 11.8 Å². The summed E-state index contributed by atoms with van der Waals surface area (Å²) in [6.45, 7) is 7.40. The van der Waals surface area contributed by atoms with Crippen LogP contribution < -0.4 is 10.6 Å². The summed E-state index contributed by atoms with van der Waals surface area (Å²) in [6.07, 6.45) is 0. The van der Waals surface area contributed by atoms with Gasteiger partial charge in [-0.05, 0) is 12.1 Å². The summed E-state index contributed by atoms with van der Waals surface area (Å²) < 4.78 is 0.274. The summed E-state index contributed by atoms with van der Waals surface area (Å²) >= 11 is 1.89. The summed E-state index contributed by atoms with van der Waals surface area (Å²) in [7, 11) is 1.57. The summed E-state index contributed by atoms with van der Waals surface area (Å²) in [6, 6.07) is 3.42. The number of amides is 1. The minimum Gasteiger partial charge on any atom is -0.368 e. The number of aromatic nitrogens is 2. The third-order valence-corrected chi connectivity index (χ3v) is 3.34. The predicted molar refractivity (Wildman–Crippen MR) is 76.1 cm³/mol. The molecule has 18 heavy (non-hydrogen) atoms. The Hall–Kier alpha value is -1.30. The Morgan fingerprint density at radius 3 is 2.56 bits per heavy atom. The largest absolute Gasteiger partial charge is 0.368 e. The number of nitrogens with zero attached hydrogens (tertiary/aromatic N) is 2. The zero-order chi connectivity index (χ0) is 13.6. The van der Waals surface area contributed by atoms with Crippen molar-refractivity contribution in [2.45, 2.75) is 25.5 Å². The van der Waals surface area contributed by atoms with Crippen LogP contribution in [-0.2, 0) is 0 Å². The Balaban J connectivity index is 2.38. The number of nitrogens with one attached hydrogen (secondary N) is 2. The van der Waals surface area contributed by atoms with Crippen molar-refractivity contribution in [2.75, 3.05) is 24.7 Å². The molecular weight excluding hydrogens is 248 g/mol. The van der Waals surface area contributed by atoms with E-state index in [4.69, 9.17) is 0 Å².